The molecule has 0 saturated carbocycles. The topological polar surface area (TPSA) is 276 Å². The molecule has 17 heteroatoms. The van der Waals surface area contributed by atoms with Crippen molar-refractivity contribution in [3.8, 4) is 0 Å². The molecule has 5 amide bonds. The molecule has 0 aromatic heterocycles. The maximum atomic E-state index is 13.3. The number of ether oxygens (including phenoxy) is 2. The van der Waals surface area contributed by atoms with E-state index in [1.807, 2.05) is 0 Å². The predicted octanol–water partition coefficient (Wildman–Crippen LogP) is -5.88. The summed E-state index contributed by atoms with van der Waals surface area (Å²) in [5, 5.41) is 46.7. The van der Waals surface area contributed by atoms with Crippen LogP contribution in [0.5, 0.6) is 0 Å². The first-order valence-corrected chi connectivity index (χ1v) is 12.8. The van der Waals surface area contributed by atoms with E-state index < -0.39 is 104 Å². The zero-order valence-electron chi connectivity index (χ0n) is 22.6. The van der Waals surface area contributed by atoms with Gasteiger partial charge >= 0.3 is 0 Å². The molecule has 11 N–H and O–H groups in total. The average molecular weight is 577 g/mol. The van der Waals surface area contributed by atoms with E-state index >= 15 is 0 Å². The number of nitrogens with zero attached hydrogens (tertiary/aromatic N) is 1. The quantitative estimate of drug-likeness (QED) is 0.105. The Morgan fingerprint density at radius 2 is 1.73 bits per heavy atom. The van der Waals surface area contributed by atoms with Crippen LogP contribution >= 0.6 is 0 Å². The first-order valence-electron chi connectivity index (χ1n) is 12.8. The Bertz CT molecular complexity index is 939. The fourth-order valence-electron chi connectivity index (χ4n) is 4.56. The van der Waals surface area contributed by atoms with E-state index in [-0.39, 0.29) is 6.54 Å². The van der Waals surface area contributed by atoms with Crippen LogP contribution in [-0.4, -0.2) is 136 Å². The van der Waals surface area contributed by atoms with Gasteiger partial charge in [0.25, 0.3) is 0 Å². The highest BCUT2D eigenvalue weighted by Crippen LogP contribution is 2.24. The smallest absolute Gasteiger partial charge is 0.245 e. The number of amides is 5. The minimum absolute atomic E-state index is 0.265. The molecular weight excluding hydrogens is 536 g/mol. The highest BCUT2D eigenvalue weighted by Gasteiger charge is 2.47. The Kier molecular flexibility index (Phi) is 12.2. The van der Waals surface area contributed by atoms with Crippen LogP contribution in [0.25, 0.3) is 0 Å². The van der Waals surface area contributed by atoms with Crippen LogP contribution in [0.1, 0.15) is 33.6 Å². The lowest BCUT2D eigenvalue weighted by Gasteiger charge is -2.43. The number of nitrogens with two attached hydrogens (primary N) is 2. The van der Waals surface area contributed by atoms with Crippen molar-refractivity contribution in [3.63, 3.8) is 0 Å². The minimum atomic E-state index is -1.63. The van der Waals surface area contributed by atoms with Crippen molar-refractivity contribution in [1.29, 1.82) is 0 Å². The molecular formula is C23H40N6O11. The van der Waals surface area contributed by atoms with Gasteiger partial charge in [-0.2, -0.15) is 0 Å². The maximum absolute atomic E-state index is 13.3. The summed E-state index contributed by atoms with van der Waals surface area (Å²) < 4.78 is 11.3. The van der Waals surface area contributed by atoms with Crippen molar-refractivity contribution in [1.82, 2.24) is 20.9 Å². The molecule has 228 valence electrons. The molecule has 0 aliphatic carbocycles. The molecule has 2 aliphatic heterocycles. The standard InChI is InChI=1S/C23H40N6O11/c1-9(22(38)29-6-4-5-13(29)19(25)35)26-21(37)15(28-20(36)12(24)7-30)10(2)39-23-16(27-11(3)32)18(34)17(33)14(8-31)40-23/h9-10,12-18,23,30-31,33-34H,4-8,24H2,1-3H3,(H2,25,35)(H,26,37)(H,27,32)(H,28,36)/t9-,10+,12-,13-,14+,15-,16+,17-,18+,23-/m0/s1. The summed E-state index contributed by atoms with van der Waals surface area (Å²) in [5.41, 5.74) is 10.9. The number of primary amides is 1. The van der Waals surface area contributed by atoms with Crippen molar-refractivity contribution in [3.05, 3.63) is 0 Å². The van der Waals surface area contributed by atoms with Crippen LogP contribution in [0.4, 0.5) is 0 Å². The third kappa shape index (κ3) is 8.06. The van der Waals surface area contributed by atoms with Crippen molar-refractivity contribution in [2.45, 2.75) is 94.5 Å². The predicted molar refractivity (Wildman–Crippen MR) is 134 cm³/mol. The van der Waals surface area contributed by atoms with Gasteiger partial charge in [-0.05, 0) is 26.7 Å². The monoisotopic (exact) mass is 576 g/mol. The van der Waals surface area contributed by atoms with Crippen LogP contribution in [-0.2, 0) is 33.4 Å². The molecule has 0 spiro atoms. The summed E-state index contributed by atoms with van der Waals surface area (Å²) in [6, 6.07) is -6.26. The Labute approximate surface area is 230 Å². The summed E-state index contributed by atoms with van der Waals surface area (Å²) in [6.45, 7) is 2.67. The summed E-state index contributed by atoms with van der Waals surface area (Å²) in [7, 11) is 0. The molecule has 0 aromatic rings. The number of carbonyl (C=O) groups excluding carboxylic acids is 5. The number of nitrogens with one attached hydrogen (secondary N) is 3. The fraction of sp³-hybridized carbons (Fsp3) is 0.783. The molecule has 0 aromatic carbocycles. The van der Waals surface area contributed by atoms with Crippen molar-refractivity contribution in [2.75, 3.05) is 19.8 Å². The Morgan fingerprint density at radius 1 is 1.07 bits per heavy atom. The number of carbonyl (C=O) groups is 5. The fourth-order valence-corrected chi connectivity index (χ4v) is 4.56. The van der Waals surface area contributed by atoms with Gasteiger partial charge in [0.1, 0.15) is 48.5 Å². The SMILES string of the molecule is CC(=O)N[C@H]1[C@@H](O[C@H](C)[C@H](NC(=O)[C@@H](N)CO)C(=O)N[C@@H](C)C(=O)N2CCC[C@H]2C(N)=O)O[C@H](CO)[C@H](O)[C@@H]1O. The number of rotatable bonds is 12. The van der Waals surface area contributed by atoms with Gasteiger partial charge in [0.05, 0.1) is 19.3 Å². The van der Waals surface area contributed by atoms with Crippen molar-refractivity contribution < 1.29 is 53.9 Å². The normalized spacial score (nSPS) is 29.6. The van der Waals surface area contributed by atoms with Gasteiger partial charge in [-0.1, -0.05) is 0 Å². The summed E-state index contributed by atoms with van der Waals surface area (Å²) in [5.74, 6) is -3.71. The number of hydrogen-bond donors (Lipinski definition) is 9. The zero-order valence-corrected chi connectivity index (χ0v) is 22.6. The van der Waals surface area contributed by atoms with Gasteiger partial charge in [-0.3, -0.25) is 24.0 Å². The maximum Gasteiger partial charge on any atom is 0.245 e. The minimum Gasteiger partial charge on any atom is -0.394 e. The molecule has 2 aliphatic rings. The Morgan fingerprint density at radius 3 is 2.27 bits per heavy atom. The molecule has 2 saturated heterocycles. The first-order chi connectivity index (χ1) is 18.7. The molecule has 40 heavy (non-hydrogen) atoms. The van der Waals surface area contributed by atoms with E-state index in [1.165, 1.54) is 18.7 Å². The van der Waals surface area contributed by atoms with Gasteiger partial charge in [0, 0.05) is 13.5 Å². The number of hydrogen-bond acceptors (Lipinski definition) is 12. The number of likely N-dealkylation sites (tertiary alicyclic amines) is 1. The lowest BCUT2D eigenvalue weighted by Crippen LogP contribution is -2.66. The summed E-state index contributed by atoms with van der Waals surface area (Å²) in [4.78, 5) is 63.4. The number of aliphatic hydroxyl groups is 4. The van der Waals surface area contributed by atoms with E-state index in [2.05, 4.69) is 16.0 Å². The third-order valence-corrected chi connectivity index (χ3v) is 6.78. The molecule has 0 radical (unpaired) electrons. The average Bonchev–Trinajstić information content (AvgIpc) is 3.40. The molecule has 2 heterocycles. The lowest BCUT2D eigenvalue weighted by molar-refractivity contribution is -0.281. The molecule has 2 fully saturated rings. The Balaban J connectivity index is 2.26. The van der Waals surface area contributed by atoms with Gasteiger partial charge in [-0.25, -0.2) is 0 Å². The first kappa shape index (κ1) is 33.3. The van der Waals surface area contributed by atoms with E-state index in [0.717, 1.165) is 6.92 Å². The summed E-state index contributed by atoms with van der Waals surface area (Å²) >= 11 is 0. The van der Waals surface area contributed by atoms with E-state index in [4.69, 9.17) is 20.9 Å². The van der Waals surface area contributed by atoms with Crippen LogP contribution in [0, 0.1) is 0 Å². The second-order valence-electron chi connectivity index (χ2n) is 9.87. The molecule has 10 atom stereocenters. The van der Waals surface area contributed by atoms with Gasteiger partial charge < -0.3 is 62.2 Å². The zero-order chi connectivity index (χ0) is 30.3. The highest BCUT2D eigenvalue weighted by atomic mass is 16.7. The second-order valence-corrected chi connectivity index (χ2v) is 9.87. The van der Waals surface area contributed by atoms with Gasteiger partial charge in [0.2, 0.25) is 29.5 Å². The van der Waals surface area contributed by atoms with E-state index in [0.29, 0.717) is 12.8 Å². The molecule has 0 bridgehead atoms. The summed E-state index contributed by atoms with van der Waals surface area (Å²) in [6.07, 6.45) is -6.38. The van der Waals surface area contributed by atoms with E-state index in [9.17, 15) is 44.4 Å². The highest BCUT2D eigenvalue weighted by molar-refractivity contribution is 5.94. The van der Waals surface area contributed by atoms with Crippen LogP contribution < -0.4 is 27.4 Å². The van der Waals surface area contributed by atoms with Crippen molar-refractivity contribution in [2.24, 2.45) is 11.5 Å². The van der Waals surface area contributed by atoms with Gasteiger partial charge in [-0.15, -0.1) is 0 Å². The molecule has 2 rings (SSSR count). The molecule has 17 nitrogen and oxygen atoms in total. The largest absolute Gasteiger partial charge is 0.394 e. The number of aliphatic hydroxyl groups excluding tert-OH is 4. The van der Waals surface area contributed by atoms with E-state index in [1.54, 1.807) is 0 Å². The second kappa shape index (κ2) is 14.6. The van der Waals surface area contributed by atoms with Crippen molar-refractivity contribution >= 4 is 29.5 Å². The lowest BCUT2D eigenvalue weighted by atomic mass is 9.96. The Hall–Kier alpha value is -2.93. The third-order valence-electron chi connectivity index (χ3n) is 6.78. The van der Waals surface area contributed by atoms with Crippen LogP contribution in [0.15, 0.2) is 0 Å². The molecule has 0 unspecified atom stereocenters. The van der Waals surface area contributed by atoms with Crippen LogP contribution in [0.3, 0.4) is 0 Å². The van der Waals surface area contributed by atoms with Gasteiger partial charge in [0.15, 0.2) is 6.29 Å². The van der Waals surface area contributed by atoms with Crippen LogP contribution in [0.2, 0.25) is 0 Å².